The molecule has 128 valence electrons. The Labute approximate surface area is 145 Å². The molecule has 0 bridgehead atoms. The summed E-state index contributed by atoms with van der Waals surface area (Å²) in [6.45, 7) is 6.08. The van der Waals surface area contributed by atoms with E-state index in [9.17, 15) is 9.18 Å². The summed E-state index contributed by atoms with van der Waals surface area (Å²) in [5.41, 5.74) is 3.43. The number of ether oxygens (including phenoxy) is 1. The fourth-order valence-electron chi connectivity index (χ4n) is 2.84. The van der Waals surface area contributed by atoms with Crippen molar-refractivity contribution in [3.05, 3.63) is 83.2 Å². The van der Waals surface area contributed by atoms with Crippen LogP contribution in [-0.4, -0.2) is 15.6 Å². The van der Waals surface area contributed by atoms with Gasteiger partial charge in [-0.25, -0.2) is 18.7 Å². The number of carbonyl (C=O) groups excluding carboxylic acids is 1. The summed E-state index contributed by atoms with van der Waals surface area (Å²) in [5.74, 6) is -0.246. The molecule has 1 heterocycles. The maximum Gasteiger partial charge on any atom is 0.425 e. The lowest BCUT2D eigenvalue weighted by Gasteiger charge is -2.17. The van der Waals surface area contributed by atoms with Crippen molar-refractivity contribution in [2.24, 2.45) is 0 Å². The summed E-state index contributed by atoms with van der Waals surface area (Å²) in [7, 11) is 0. The van der Waals surface area contributed by atoms with Crippen molar-refractivity contribution in [3.63, 3.8) is 0 Å². The minimum Gasteiger partial charge on any atom is -0.407 e. The number of carbonyl (C=O) groups is 1. The molecule has 1 atom stereocenters. The zero-order valence-corrected chi connectivity index (χ0v) is 14.4. The highest BCUT2D eigenvalue weighted by Crippen LogP contribution is 2.27. The first-order valence-corrected chi connectivity index (χ1v) is 8.05. The van der Waals surface area contributed by atoms with Gasteiger partial charge in [-0.05, 0) is 42.7 Å². The molecular weight excluding hydrogens is 319 g/mol. The summed E-state index contributed by atoms with van der Waals surface area (Å²) in [4.78, 5) is 16.8. The molecule has 0 aliphatic carbocycles. The van der Waals surface area contributed by atoms with Gasteiger partial charge < -0.3 is 4.74 Å². The summed E-state index contributed by atoms with van der Waals surface area (Å²) in [5, 5.41) is 0. The van der Waals surface area contributed by atoms with Crippen LogP contribution in [0.15, 0.2) is 54.9 Å². The monoisotopic (exact) mass is 338 g/mol. The number of para-hydroxylation sites is 1. The lowest BCUT2D eigenvalue weighted by molar-refractivity contribution is 0.199. The average molecular weight is 338 g/mol. The minimum atomic E-state index is -0.685. The smallest absolute Gasteiger partial charge is 0.407 e. The summed E-state index contributed by atoms with van der Waals surface area (Å²) < 4.78 is 20.2. The van der Waals surface area contributed by atoms with Gasteiger partial charge in [0.25, 0.3) is 0 Å². The molecule has 0 saturated heterocycles. The third-order valence-electron chi connectivity index (χ3n) is 4.40. The van der Waals surface area contributed by atoms with Crippen LogP contribution >= 0.6 is 0 Å². The van der Waals surface area contributed by atoms with E-state index in [1.807, 2.05) is 39.0 Å². The van der Waals surface area contributed by atoms with E-state index < -0.39 is 11.9 Å². The highest BCUT2D eigenvalue weighted by molar-refractivity contribution is 5.74. The van der Waals surface area contributed by atoms with Gasteiger partial charge in [0.2, 0.25) is 0 Å². The maximum absolute atomic E-state index is 13.7. The van der Waals surface area contributed by atoms with Crippen molar-refractivity contribution in [3.8, 4) is 5.75 Å². The minimum absolute atomic E-state index is 0.105. The largest absolute Gasteiger partial charge is 0.425 e. The van der Waals surface area contributed by atoms with Crippen LogP contribution in [-0.2, 0) is 0 Å². The fourth-order valence-corrected chi connectivity index (χ4v) is 2.84. The molecule has 2 aromatic carbocycles. The second kappa shape index (κ2) is 6.89. The van der Waals surface area contributed by atoms with Crippen LogP contribution in [0.5, 0.6) is 5.75 Å². The highest BCUT2D eigenvalue weighted by atomic mass is 19.1. The Morgan fingerprint density at radius 1 is 1.16 bits per heavy atom. The van der Waals surface area contributed by atoms with Crippen molar-refractivity contribution >= 4 is 6.09 Å². The predicted octanol–water partition coefficient (Wildman–Crippen LogP) is 4.84. The molecule has 3 rings (SSSR count). The van der Waals surface area contributed by atoms with Crippen molar-refractivity contribution in [1.29, 1.82) is 0 Å². The quantitative estimate of drug-likeness (QED) is 0.686. The molecule has 3 aromatic rings. The molecule has 0 spiro atoms. The molecule has 0 saturated carbocycles. The fraction of sp³-hybridized carbons (Fsp3) is 0.200. The number of imidazole rings is 1. The number of hydrogen-bond acceptors (Lipinski definition) is 3. The van der Waals surface area contributed by atoms with Gasteiger partial charge in [0.05, 0.1) is 0 Å². The molecule has 0 radical (unpaired) electrons. The van der Waals surface area contributed by atoms with Gasteiger partial charge in [-0.15, -0.1) is 0 Å². The normalized spacial score (nSPS) is 12.0. The SMILES string of the molecule is Cc1cccc(C(C)c2nccn2C(=O)Oc2ccccc2F)c1C. The van der Waals surface area contributed by atoms with E-state index in [2.05, 4.69) is 4.98 Å². The van der Waals surface area contributed by atoms with Crippen LogP contribution in [0.4, 0.5) is 9.18 Å². The third kappa shape index (κ3) is 3.31. The van der Waals surface area contributed by atoms with Gasteiger partial charge >= 0.3 is 6.09 Å². The van der Waals surface area contributed by atoms with Crippen molar-refractivity contribution < 1.29 is 13.9 Å². The number of benzene rings is 2. The number of nitrogens with zero attached hydrogens (tertiary/aromatic N) is 2. The standard InChI is InChI=1S/C20H19FN2O2/c1-13-7-6-8-16(14(13)2)15(3)19-22-11-12-23(19)20(24)25-18-10-5-4-9-17(18)21/h4-12,15H,1-3H3. The zero-order valence-electron chi connectivity index (χ0n) is 14.4. The number of hydrogen-bond donors (Lipinski definition) is 0. The van der Waals surface area contributed by atoms with Crippen molar-refractivity contribution in [2.75, 3.05) is 0 Å². The summed E-state index contributed by atoms with van der Waals surface area (Å²) in [6, 6.07) is 11.9. The van der Waals surface area contributed by atoms with E-state index in [-0.39, 0.29) is 11.7 Å². The average Bonchev–Trinajstić information content (AvgIpc) is 3.08. The number of aromatic nitrogens is 2. The van der Waals surface area contributed by atoms with Gasteiger partial charge in [0.1, 0.15) is 5.82 Å². The number of aryl methyl sites for hydroxylation is 1. The molecular formula is C20H19FN2O2. The Morgan fingerprint density at radius 2 is 1.92 bits per heavy atom. The highest BCUT2D eigenvalue weighted by Gasteiger charge is 2.21. The zero-order chi connectivity index (χ0) is 18.0. The maximum atomic E-state index is 13.7. The van der Waals surface area contributed by atoms with Crippen molar-refractivity contribution in [1.82, 2.24) is 9.55 Å². The van der Waals surface area contributed by atoms with Crippen LogP contribution in [0, 0.1) is 19.7 Å². The van der Waals surface area contributed by atoms with Crippen LogP contribution in [0.3, 0.4) is 0 Å². The van der Waals surface area contributed by atoms with Crippen LogP contribution in [0.2, 0.25) is 0 Å². The van der Waals surface area contributed by atoms with E-state index in [0.29, 0.717) is 5.82 Å². The first kappa shape index (κ1) is 16.9. The lowest BCUT2D eigenvalue weighted by Crippen LogP contribution is -2.21. The van der Waals surface area contributed by atoms with Crippen LogP contribution < -0.4 is 4.74 Å². The topological polar surface area (TPSA) is 44.1 Å². The Morgan fingerprint density at radius 3 is 2.68 bits per heavy atom. The first-order valence-electron chi connectivity index (χ1n) is 8.05. The van der Waals surface area contributed by atoms with Gasteiger partial charge in [-0.3, -0.25) is 0 Å². The van der Waals surface area contributed by atoms with E-state index >= 15 is 0 Å². The molecule has 0 amide bonds. The molecule has 4 nitrogen and oxygen atoms in total. The van der Waals surface area contributed by atoms with Crippen molar-refractivity contribution in [2.45, 2.75) is 26.7 Å². The molecule has 0 N–H and O–H groups in total. The van der Waals surface area contributed by atoms with E-state index in [1.165, 1.54) is 34.5 Å². The number of rotatable bonds is 3. The molecule has 0 aliphatic heterocycles. The van der Waals surface area contributed by atoms with Gasteiger partial charge in [0, 0.05) is 18.3 Å². The predicted molar refractivity (Wildman–Crippen MR) is 93.5 cm³/mol. The van der Waals surface area contributed by atoms with Gasteiger partial charge in [0.15, 0.2) is 11.6 Å². The molecule has 1 unspecified atom stereocenters. The molecule has 25 heavy (non-hydrogen) atoms. The second-order valence-corrected chi connectivity index (χ2v) is 5.96. The van der Waals surface area contributed by atoms with E-state index in [0.717, 1.165) is 11.1 Å². The summed E-state index contributed by atoms with van der Waals surface area (Å²) >= 11 is 0. The third-order valence-corrected chi connectivity index (χ3v) is 4.40. The van der Waals surface area contributed by atoms with E-state index in [4.69, 9.17) is 4.74 Å². The van der Waals surface area contributed by atoms with Crippen LogP contribution in [0.1, 0.15) is 35.4 Å². The molecule has 0 fully saturated rings. The van der Waals surface area contributed by atoms with Crippen LogP contribution in [0.25, 0.3) is 0 Å². The summed E-state index contributed by atoms with van der Waals surface area (Å²) in [6.07, 6.45) is 2.38. The Kier molecular flexibility index (Phi) is 4.65. The van der Waals surface area contributed by atoms with E-state index in [1.54, 1.807) is 12.3 Å². The molecule has 0 aliphatic rings. The Bertz CT molecular complexity index is 918. The second-order valence-electron chi connectivity index (χ2n) is 5.96. The Hall–Kier alpha value is -2.95. The Balaban J connectivity index is 1.91. The van der Waals surface area contributed by atoms with Gasteiger partial charge in [-0.1, -0.05) is 37.3 Å². The first-order chi connectivity index (χ1) is 12.0. The molecule has 1 aromatic heterocycles. The molecule has 5 heteroatoms. The lowest BCUT2D eigenvalue weighted by atomic mass is 9.93. The number of halogens is 1. The van der Waals surface area contributed by atoms with Gasteiger partial charge in [-0.2, -0.15) is 0 Å².